The van der Waals surface area contributed by atoms with Crippen molar-refractivity contribution in [1.82, 2.24) is 0 Å². The van der Waals surface area contributed by atoms with Crippen molar-refractivity contribution in [1.29, 1.82) is 0 Å². The fraction of sp³-hybridized carbons (Fsp3) is 0.889. The van der Waals surface area contributed by atoms with Crippen molar-refractivity contribution in [2.24, 2.45) is 11.7 Å². The molecule has 0 heterocycles. The Hall–Kier alpha value is -0.610. The van der Waals surface area contributed by atoms with Crippen molar-refractivity contribution in [3.8, 4) is 0 Å². The van der Waals surface area contributed by atoms with Crippen LogP contribution in [0.1, 0.15) is 19.3 Å². The maximum atomic E-state index is 11.2. The van der Waals surface area contributed by atoms with Crippen LogP contribution < -0.4 is 5.73 Å². The van der Waals surface area contributed by atoms with Crippen molar-refractivity contribution >= 4 is 5.97 Å². The number of nitrogens with two attached hydrogens (primary N) is 1. The van der Waals surface area contributed by atoms with Gasteiger partial charge in [-0.15, -0.1) is 0 Å². The van der Waals surface area contributed by atoms with Crippen molar-refractivity contribution in [2.45, 2.75) is 31.4 Å². The van der Waals surface area contributed by atoms with Gasteiger partial charge in [0.1, 0.15) is 0 Å². The zero-order valence-electron chi connectivity index (χ0n) is 8.16. The molecule has 0 saturated heterocycles. The maximum Gasteiger partial charge on any atom is 0.308 e. The summed E-state index contributed by atoms with van der Waals surface area (Å²) in [6.45, 7) is 0. The number of esters is 1. The molecule has 0 aromatic heterocycles. The smallest absolute Gasteiger partial charge is 0.308 e. The summed E-state index contributed by atoms with van der Waals surface area (Å²) in [5, 5.41) is 0. The second-order valence-corrected chi connectivity index (χ2v) is 3.47. The van der Waals surface area contributed by atoms with Crippen LogP contribution in [0.25, 0.3) is 0 Å². The molecular weight excluding hydrogens is 170 g/mol. The highest BCUT2D eigenvalue weighted by atomic mass is 16.5. The summed E-state index contributed by atoms with van der Waals surface area (Å²) in [6.07, 6.45) is 2.33. The van der Waals surface area contributed by atoms with Crippen LogP contribution in [0.2, 0.25) is 0 Å². The summed E-state index contributed by atoms with van der Waals surface area (Å²) < 4.78 is 9.88. The van der Waals surface area contributed by atoms with E-state index >= 15 is 0 Å². The zero-order valence-corrected chi connectivity index (χ0v) is 8.16. The quantitative estimate of drug-likeness (QED) is 0.632. The predicted octanol–water partition coefficient (Wildman–Crippen LogP) is 0.302. The van der Waals surface area contributed by atoms with Crippen LogP contribution in [0.15, 0.2) is 0 Å². The van der Waals surface area contributed by atoms with Crippen LogP contribution in [0.5, 0.6) is 0 Å². The van der Waals surface area contributed by atoms with E-state index in [0.29, 0.717) is 6.42 Å². The van der Waals surface area contributed by atoms with E-state index in [4.69, 9.17) is 10.5 Å². The Morgan fingerprint density at radius 2 is 2.08 bits per heavy atom. The first kappa shape index (κ1) is 10.5. The summed E-state index contributed by atoms with van der Waals surface area (Å²) in [5.74, 6) is -0.177. The molecule has 1 saturated carbocycles. The molecule has 0 aliphatic heterocycles. The van der Waals surface area contributed by atoms with Crippen molar-refractivity contribution in [3.05, 3.63) is 0 Å². The SMILES string of the molecule is COC(=O)[C@@H]1CC[C@@H](N)[C@H](OC)C1. The predicted molar refractivity (Wildman–Crippen MR) is 48.1 cm³/mol. The molecule has 1 rings (SSSR count). The van der Waals surface area contributed by atoms with Crippen molar-refractivity contribution in [2.75, 3.05) is 14.2 Å². The first-order valence-electron chi connectivity index (χ1n) is 4.55. The first-order chi connectivity index (χ1) is 6.19. The van der Waals surface area contributed by atoms with Crippen LogP contribution >= 0.6 is 0 Å². The van der Waals surface area contributed by atoms with Gasteiger partial charge in [0.25, 0.3) is 0 Å². The normalized spacial score (nSPS) is 34.2. The molecule has 1 aliphatic carbocycles. The van der Waals surface area contributed by atoms with Gasteiger partial charge in [-0.3, -0.25) is 4.79 Å². The van der Waals surface area contributed by atoms with E-state index in [9.17, 15) is 4.79 Å². The number of hydrogen-bond acceptors (Lipinski definition) is 4. The number of rotatable bonds is 2. The number of ether oxygens (including phenoxy) is 2. The lowest BCUT2D eigenvalue weighted by atomic mass is 9.84. The molecule has 76 valence electrons. The maximum absolute atomic E-state index is 11.2. The van der Waals surface area contributed by atoms with E-state index in [2.05, 4.69) is 4.74 Å². The minimum Gasteiger partial charge on any atom is -0.469 e. The molecule has 3 atom stereocenters. The zero-order chi connectivity index (χ0) is 9.84. The van der Waals surface area contributed by atoms with Gasteiger partial charge in [-0.1, -0.05) is 0 Å². The van der Waals surface area contributed by atoms with Crippen LogP contribution in [0.4, 0.5) is 0 Å². The average molecular weight is 187 g/mol. The molecule has 0 aromatic rings. The molecule has 0 radical (unpaired) electrons. The summed E-state index contributed by atoms with van der Waals surface area (Å²) in [6, 6.07) is 0.0610. The van der Waals surface area contributed by atoms with Gasteiger partial charge in [-0.2, -0.15) is 0 Å². The highest BCUT2D eigenvalue weighted by Crippen LogP contribution is 2.26. The molecule has 0 spiro atoms. The summed E-state index contributed by atoms with van der Waals surface area (Å²) in [4.78, 5) is 11.2. The molecule has 2 N–H and O–H groups in total. The van der Waals surface area contributed by atoms with E-state index in [1.807, 2.05) is 0 Å². The lowest BCUT2D eigenvalue weighted by Gasteiger charge is -2.31. The molecule has 4 heteroatoms. The number of methoxy groups -OCH3 is 2. The monoisotopic (exact) mass is 187 g/mol. The van der Waals surface area contributed by atoms with E-state index in [1.54, 1.807) is 7.11 Å². The lowest BCUT2D eigenvalue weighted by molar-refractivity contribution is -0.148. The summed E-state index contributed by atoms with van der Waals surface area (Å²) in [7, 11) is 3.04. The molecule has 1 fully saturated rings. The average Bonchev–Trinajstić information content (AvgIpc) is 2.17. The Kier molecular flexibility index (Phi) is 3.69. The van der Waals surface area contributed by atoms with Gasteiger partial charge in [-0.25, -0.2) is 0 Å². The van der Waals surface area contributed by atoms with E-state index < -0.39 is 0 Å². The van der Waals surface area contributed by atoms with Crippen molar-refractivity contribution in [3.63, 3.8) is 0 Å². The minimum absolute atomic E-state index is 0.00199. The van der Waals surface area contributed by atoms with E-state index in [0.717, 1.165) is 12.8 Å². The summed E-state index contributed by atoms with van der Waals surface area (Å²) in [5.41, 5.74) is 5.82. The van der Waals surface area contributed by atoms with Gasteiger partial charge in [-0.05, 0) is 19.3 Å². The molecule has 0 bridgehead atoms. The van der Waals surface area contributed by atoms with Crippen LogP contribution in [0, 0.1) is 5.92 Å². The van der Waals surface area contributed by atoms with Crippen molar-refractivity contribution < 1.29 is 14.3 Å². The van der Waals surface area contributed by atoms with E-state index in [-0.39, 0.29) is 24.0 Å². The van der Waals surface area contributed by atoms with Gasteiger partial charge in [0, 0.05) is 13.2 Å². The highest BCUT2D eigenvalue weighted by Gasteiger charge is 2.32. The van der Waals surface area contributed by atoms with Gasteiger partial charge >= 0.3 is 5.97 Å². The van der Waals surface area contributed by atoms with Crippen LogP contribution in [-0.4, -0.2) is 32.3 Å². The second kappa shape index (κ2) is 4.58. The number of carbonyl (C=O) groups excluding carboxylic acids is 1. The fourth-order valence-corrected chi connectivity index (χ4v) is 1.80. The fourth-order valence-electron chi connectivity index (χ4n) is 1.80. The Morgan fingerprint density at radius 1 is 1.38 bits per heavy atom. The molecular formula is C9H17NO3. The second-order valence-electron chi connectivity index (χ2n) is 3.47. The third-order valence-corrected chi connectivity index (χ3v) is 2.68. The largest absolute Gasteiger partial charge is 0.469 e. The molecule has 1 aliphatic rings. The third-order valence-electron chi connectivity index (χ3n) is 2.68. The topological polar surface area (TPSA) is 61.5 Å². The molecule has 4 nitrogen and oxygen atoms in total. The number of carbonyl (C=O) groups is 1. The molecule has 0 amide bonds. The Bertz CT molecular complexity index is 184. The summed E-state index contributed by atoms with van der Waals surface area (Å²) >= 11 is 0. The Balaban J connectivity index is 2.49. The van der Waals surface area contributed by atoms with Crippen LogP contribution in [0.3, 0.4) is 0 Å². The van der Waals surface area contributed by atoms with Gasteiger partial charge < -0.3 is 15.2 Å². The van der Waals surface area contributed by atoms with Gasteiger partial charge in [0.15, 0.2) is 0 Å². The van der Waals surface area contributed by atoms with E-state index in [1.165, 1.54) is 7.11 Å². The van der Waals surface area contributed by atoms with Gasteiger partial charge in [0.2, 0.25) is 0 Å². The lowest BCUT2D eigenvalue weighted by Crippen LogP contribution is -2.43. The molecule has 0 unspecified atom stereocenters. The standard InChI is InChI=1S/C9H17NO3/c1-12-8-5-6(9(11)13-2)3-4-7(8)10/h6-8H,3-5,10H2,1-2H3/t6-,7-,8-/m1/s1. The van der Waals surface area contributed by atoms with Gasteiger partial charge in [0.05, 0.1) is 19.1 Å². The Labute approximate surface area is 78.4 Å². The highest BCUT2D eigenvalue weighted by molar-refractivity contribution is 5.72. The molecule has 0 aromatic carbocycles. The third kappa shape index (κ3) is 2.42. The molecule has 13 heavy (non-hydrogen) atoms. The Morgan fingerprint density at radius 3 is 2.62 bits per heavy atom. The number of hydrogen-bond donors (Lipinski definition) is 1. The first-order valence-corrected chi connectivity index (χ1v) is 4.55. The van der Waals surface area contributed by atoms with Crippen LogP contribution in [-0.2, 0) is 14.3 Å². The minimum atomic E-state index is -0.144.